The van der Waals surface area contributed by atoms with E-state index in [1.54, 1.807) is 7.11 Å². The van der Waals surface area contributed by atoms with Crippen LogP contribution in [-0.2, 0) is 9.53 Å². The van der Waals surface area contributed by atoms with Crippen LogP contribution >= 0.6 is 0 Å². The van der Waals surface area contributed by atoms with E-state index in [1.807, 2.05) is 0 Å². The lowest BCUT2D eigenvalue weighted by Gasteiger charge is -2.60. The molecule has 1 aliphatic heterocycles. The van der Waals surface area contributed by atoms with Crippen molar-refractivity contribution in [3.63, 3.8) is 0 Å². The number of hydrogen-bond acceptors (Lipinski definition) is 4. The van der Waals surface area contributed by atoms with Crippen LogP contribution in [0.5, 0.6) is 0 Å². The lowest BCUT2D eigenvalue weighted by molar-refractivity contribution is -0.186. The van der Waals surface area contributed by atoms with Crippen LogP contribution in [0.1, 0.15) is 38.5 Å². The second-order valence-electron chi connectivity index (χ2n) is 8.09. The van der Waals surface area contributed by atoms with Crippen molar-refractivity contribution in [2.24, 2.45) is 29.6 Å². The van der Waals surface area contributed by atoms with Gasteiger partial charge in [-0.1, -0.05) is 12.8 Å². The van der Waals surface area contributed by atoms with Gasteiger partial charge in [-0.05, 0) is 62.9 Å². The maximum Gasteiger partial charge on any atom is 0.153 e. The number of ether oxygens (including phenoxy) is 1. The molecule has 0 aromatic heterocycles. The Morgan fingerprint density at radius 1 is 1.18 bits per heavy atom. The maximum absolute atomic E-state index is 13.1. The zero-order valence-corrected chi connectivity index (χ0v) is 13.8. The van der Waals surface area contributed by atoms with Crippen molar-refractivity contribution in [2.45, 2.75) is 56.8 Å². The Hall–Kier alpha value is -0.450. The molecule has 4 rings (SSSR count). The van der Waals surface area contributed by atoms with Gasteiger partial charge in [0, 0.05) is 13.0 Å². The molecule has 0 amide bonds. The molecule has 22 heavy (non-hydrogen) atoms. The van der Waals surface area contributed by atoms with Crippen molar-refractivity contribution in [1.29, 1.82) is 0 Å². The summed E-state index contributed by atoms with van der Waals surface area (Å²) < 4.78 is 5.63. The molecule has 0 bridgehead atoms. The molecule has 1 saturated heterocycles. The highest BCUT2D eigenvalue weighted by atomic mass is 16.5. The molecule has 0 spiro atoms. The molecular formula is C18H29NO3. The minimum absolute atomic E-state index is 0.0360. The molecule has 0 aromatic carbocycles. The topological polar surface area (TPSA) is 49.8 Å². The number of likely N-dealkylation sites (N-methyl/N-ethyl adjacent to an activating group) is 1. The Morgan fingerprint density at radius 2 is 1.95 bits per heavy atom. The number of carbonyl (C=O) groups excluding carboxylic acids is 1. The third-order valence-electron chi connectivity index (χ3n) is 7.26. The number of carbonyl (C=O) groups is 1. The molecule has 124 valence electrons. The number of fused-ring (bicyclic) bond motifs is 2. The first-order valence-corrected chi connectivity index (χ1v) is 9.08. The molecule has 4 fully saturated rings. The summed E-state index contributed by atoms with van der Waals surface area (Å²) >= 11 is 0. The average Bonchev–Trinajstić information content (AvgIpc) is 2.54. The van der Waals surface area contributed by atoms with Gasteiger partial charge in [-0.25, -0.2) is 0 Å². The number of rotatable bonds is 1. The Kier molecular flexibility index (Phi) is 3.82. The van der Waals surface area contributed by atoms with Gasteiger partial charge in [-0.15, -0.1) is 0 Å². The van der Waals surface area contributed by atoms with Gasteiger partial charge in [0.25, 0.3) is 0 Å². The number of likely N-dealkylation sites (tertiary alicyclic amines) is 1. The SMILES string of the molecule is COC1CC2CCN(C)C3C(=O)C4CCCCC4C(C1O)C23. The van der Waals surface area contributed by atoms with E-state index in [-0.39, 0.29) is 30.1 Å². The normalized spacial score (nSPS) is 52.0. The van der Waals surface area contributed by atoms with Crippen LogP contribution in [-0.4, -0.2) is 54.7 Å². The molecule has 0 aromatic rings. The molecule has 1 N–H and O–H groups in total. The Morgan fingerprint density at radius 3 is 2.73 bits per heavy atom. The van der Waals surface area contributed by atoms with Crippen LogP contribution in [0.4, 0.5) is 0 Å². The highest BCUT2D eigenvalue weighted by Crippen LogP contribution is 2.55. The van der Waals surface area contributed by atoms with Crippen molar-refractivity contribution in [2.75, 3.05) is 20.7 Å². The van der Waals surface area contributed by atoms with Crippen LogP contribution in [0.2, 0.25) is 0 Å². The van der Waals surface area contributed by atoms with Crippen molar-refractivity contribution in [1.82, 2.24) is 4.90 Å². The van der Waals surface area contributed by atoms with Crippen LogP contribution in [0, 0.1) is 29.6 Å². The van der Waals surface area contributed by atoms with E-state index in [9.17, 15) is 9.90 Å². The number of nitrogens with zero attached hydrogens (tertiary/aromatic N) is 1. The zero-order valence-electron chi connectivity index (χ0n) is 13.8. The first-order valence-electron chi connectivity index (χ1n) is 9.08. The van der Waals surface area contributed by atoms with Gasteiger partial charge >= 0.3 is 0 Å². The Bertz CT molecular complexity index is 454. The Labute approximate surface area is 133 Å². The minimum Gasteiger partial charge on any atom is -0.390 e. The van der Waals surface area contributed by atoms with Gasteiger partial charge in [-0.2, -0.15) is 0 Å². The predicted octanol–water partition coefficient (Wildman–Crippen LogP) is 1.71. The van der Waals surface area contributed by atoms with Crippen molar-refractivity contribution in [3.05, 3.63) is 0 Å². The molecule has 3 saturated carbocycles. The van der Waals surface area contributed by atoms with Gasteiger partial charge in [0.05, 0.1) is 18.2 Å². The smallest absolute Gasteiger partial charge is 0.153 e. The number of aliphatic hydroxyl groups is 1. The quantitative estimate of drug-likeness (QED) is 0.801. The molecule has 3 aliphatic carbocycles. The summed E-state index contributed by atoms with van der Waals surface area (Å²) in [6.07, 6.45) is 6.19. The molecule has 1 heterocycles. The highest BCUT2D eigenvalue weighted by molar-refractivity contribution is 5.88. The number of Topliss-reactive ketones (excluding diaryl/α,β-unsaturated/α-hetero) is 1. The van der Waals surface area contributed by atoms with Crippen molar-refractivity contribution in [3.8, 4) is 0 Å². The van der Waals surface area contributed by atoms with E-state index >= 15 is 0 Å². The summed E-state index contributed by atoms with van der Waals surface area (Å²) in [4.78, 5) is 15.4. The maximum atomic E-state index is 13.1. The van der Waals surface area contributed by atoms with Gasteiger partial charge in [-0.3, -0.25) is 9.69 Å². The fraction of sp³-hybridized carbons (Fsp3) is 0.944. The summed E-state index contributed by atoms with van der Waals surface area (Å²) in [5.74, 6) is 2.23. The average molecular weight is 307 g/mol. The molecule has 4 heteroatoms. The van der Waals surface area contributed by atoms with Crippen LogP contribution in [0.25, 0.3) is 0 Å². The molecule has 4 nitrogen and oxygen atoms in total. The van der Waals surface area contributed by atoms with E-state index in [2.05, 4.69) is 11.9 Å². The third-order valence-corrected chi connectivity index (χ3v) is 7.26. The second kappa shape index (κ2) is 5.57. The number of methoxy groups -OCH3 is 1. The van der Waals surface area contributed by atoms with Crippen LogP contribution < -0.4 is 0 Å². The standard InChI is InChI=1S/C18H29NO3/c1-19-8-7-10-9-13(22-2)18(21)15-11-5-3-4-6-12(11)17(20)16(19)14(10)15/h10-16,18,21H,3-9H2,1-2H3. The van der Waals surface area contributed by atoms with E-state index in [1.165, 1.54) is 12.8 Å². The largest absolute Gasteiger partial charge is 0.390 e. The monoisotopic (exact) mass is 307 g/mol. The fourth-order valence-corrected chi connectivity index (χ4v) is 6.34. The van der Waals surface area contributed by atoms with E-state index in [0.717, 1.165) is 32.2 Å². The summed E-state index contributed by atoms with van der Waals surface area (Å²) in [6.45, 7) is 1.01. The van der Waals surface area contributed by atoms with Gasteiger partial charge < -0.3 is 9.84 Å². The number of hydrogen-bond donors (Lipinski definition) is 1. The summed E-state index contributed by atoms with van der Waals surface area (Å²) in [7, 11) is 3.83. The number of ketones is 1. The first-order chi connectivity index (χ1) is 10.6. The predicted molar refractivity (Wildman–Crippen MR) is 83.4 cm³/mol. The zero-order chi connectivity index (χ0) is 15.4. The molecule has 0 radical (unpaired) electrons. The first kappa shape index (κ1) is 15.1. The van der Waals surface area contributed by atoms with E-state index in [4.69, 9.17) is 4.74 Å². The van der Waals surface area contributed by atoms with Crippen LogP contribution in [0.3, 0.4) is 0 Å². The van der Waals surface area contributed by atoms with Gasteiger partial charge in [0.2, 0.25) is 0 Å². The molecule has 8 atom stereocenters. The van der Waals surface area contributed by atoms with Crippen molar-refractivity contribution < 1.29 is 14.6 Å². The van der Waals surface area contributed by atoms with Crippen LogP contribution in [0.15, 0.2) is 0 Å². The third kappa shape index (κ3) is 2.03. The van der Waals surface area contributed by atoms with E-state index < -0.39 is 0 Å². The lowest BCUT2D eigenvalue weighted by Crippen LogP contribution is -2.67. The fourth-order valence-electron chi connectivity index (χ4n) is 6.34. The van der Waals surface area contributed by atoms with E-state index in [0.29, 0.717) is 23.5 Å². The molecule has 8 unspecified atom stereocenters. The van der Waals surface area contributed by atoms with Crippen molar-refractivity contribution >= 4 is 5.78 Å². The minimum atomic E-state index is -0.390. The van der Waals surface area contributed by atoms with Gasteiger partial charge in [0.1, 0.15) is 0 Å². The highest BCUT2D eigenvalue weighted by Gasteiger charge is 2.60. The summed E-state index contributed by atoms with van der Waals surface area (Å²) in [5, 5.41) is 11.0. The number of piperidine rings is 1. The number of aliphatic hydroxyl groups excluding tert-OH is 1. The summed E-state index contributed by atoms with van der Waals surface area (Å²) in [6, 6.07) is 0.0514. The van der Waals surface area contributed by atoms with Gasteiger partial charge in [0.15, 0.2) is 5.78 Å². The second-order valence-corrected chi connectivity index (χ2v) is 8.09. The molecular weight excluding hydrogens is 278 g/mol. The summed E-state index contributed by atoms with van der Waals surface area (Å²) in [5.41, 5.74) is 0. The molecule has 4 aliphatic rings. The Balaban J connectivity index is 1.74. The lowest BCUT2D eigenvalue weighted by atomic mass is 9.50.